The third-order valence-corrected chi connectivity index (χ3v) is 4.82. The molecule has 0 saturated carbocycles. The minimum absolute atomic E-state index is 0.178. The lowest BCUT2D eigenvalue weighted by Gasteiger charge is -2.32. The van der Waals surface area contributed by atoms with Crippen LogP contribution in [0.4, 0.5) is 0 Å². The molecule has 2 nitrogen and oxygen atoms in total. The number of hydrogen-bond acceptors (Lipinski definition) is 2. The van der Waals surface area contributed by atoms with Gasteiger partial charge in [0.25, 0.3) is 0 Å². The fraction of sp³-hybridized carbons (Fsp3) is 0.545. The van der Waals surface area contributed by atoms with Gasteiger partial charge in [-0.15, -0.1) is 0 Å². The summed E-state index contributed by atoms with van der Waals surface area (Å²) in [6, 6.07) is 0. The van der Waals surface area contributed by atoms with Crippen LogP contribution in [0.2, 0.25) is 0 Å². The third-order valence-electron chi connectivity index (χ3n) is 4.82. The number of rotatable bonds is 5. The Morgan fingerprint density at radius 1 is 1.08 bits per heavy atom. The third kappa shape index (κ3) is 5.61. The van der Waals surface area contributed by atoms with E-state index in [1.807, 2.05) is 6.08 Å². The van der Waals surface area contributed by atoms with Crippen LogP contribution in [0, 0.1) is 5.41 Å². The van der Waals surface area contributed by atoms with Gasteiger partial charge in [0.15, 0.2) is 6.29 Å². The molecule has 0 bridgehead atoms. The maximum atomic E-state index is 5.42. The van der Waals surface area contributed by atoms with Gasteiger partial charge in [0.2, 0.25) is 0 Å². The molecule has 0 amide bonds. The summed E-state index contributed by atoms with van der Waals surface area (Å²) in [4.78, 5) is 0. The summed E-state index contributed by atoms with van der Waals surface area (Å²) in [6.07, 6.45) is 16.6. The van der Waals surface area contributed by atoms with Crippen molar-refractivity contribution >= 4 is 0 Å². The molecule has 1 fully saturated rings. The summed E-state index contributed by atoms with van der Waals surface area (Å²) in [6.45, 7) is 12.6. The zero-order valence-corrected chi connectivity index (χ0v) is 15.9. The molecule has 2 aliphatic rings. The van der Waals surface area contributed by atoms with Crippen molar-refractivity contribution in [2.75, 3.05) is 13.2 Å². The maximum absolute atomic E-state index is 5.42. The van der Waals surface area contributed by atoms with Gasteiger partial charge in [-0.2, -0.15) is 0 Å². The molecular formula is C22H32O2. The van der Waals surface area contributed by atoms with Crippen molar-refractivity contribution in [3.63, 3.8) is 0 Å². The summed E-state index contributed by atoms with van der Waals surface area (Å²) < 4.78 is 10.8. The van der Waals surface area contributed by atoms with Crippen molar-refractivity contribution < 1.29 is 9.47 Å². The quantitative estimate of drug-likeness (QED) is 0.586. The van der Waals surface area contributed by atoms with Crippen LogP contribution in [-0.2, 0) is 9.47 Å². The molecule has 1 aliphatic carbocycles. The average molecular weight is 328 g/mol. The van der Waals surface area contributed by atoms with Crippen LogP contribution in [0.15, 0.2) is 58.7 Å². The Hall–Kier alpha value is -1.38. The SMILES string of the molecule is CC(C=CC1=C(C)CCCC1(C)C)=CC=CC(C)=CC1OCCO1. The van der Waals surface area contributed by atoms with E-state index in [4.69, 9.17) is 9.47 Å². The van der Waals surface area contributed by atoms with E-state index in [2.05, 4.69) is 65.0 Å². The fourth-order valence-corrected chi connectivity index (χ4v) is 3.38. The zero-order chi connectivity index (χ0) is 17.6. The topological polar surface area (TPSA) is 18.5 Å². The van der Waals surface area contributed by atoms with Crippen LogP contribution in [0.5, 0.6) is 0 Å². The molecule has 1 aliphatic heterocycles. The summed E-state index contributed by atoms with van der Waals surface area (Å²) in [5, 5.41) is 0. The van der Waals surface area contributed by atoms with Crippen molar-refractivity contribution in [1.29, 1.82) is 0 Å². The second kappa shape index (κ2) is 8.64. The van der Waals surface area contributed by atoms with Crippen molar-refractivity contribution in [2.24, 2.45) is 5.41 Å². The molecule has 0 aromatic heterocycles. The monoisotopic (exact) mass is 328 g/mol. The number of allylic oxidation sites excluding steroid dienone is 9. The molecule has 0 unspecified atom stereocenters. The van der Waals surface area contributed by atoms with Gasteiger partial charge in [-0.25, -0.2) is 0 Å². The predicted octanol–water partition coefficient (Wildman–Crippen LogP) is 5.89. The Bertz CT molecular complexity index is 579. The molecule has 0 aromatic carbocycles. The predicted molar refractivity (Wildman–Crippen MR) is 102 cm³/mol. The maximum Gasteiger partial charge on any atom is 0.177 e. The van der Waals surface area contributed by atoms with Gasteiger partial charge in [0.05, 0.1) is 13.2 Å². The second-order valence-electron chi connectivity index (χ2n) is 7.56. The molecule has 1 saturated heterocycles. The highest BCUT2D eigenvalue weighted by Crippen LogP contribution is 2.40. The van der Waals surface area contributed by atoms with Gasteiger partial charge in [-0.1, -0.05) is 60.9 Å². The smallest absolute Gasteiger partial charge is 0.177 e. The fourth-order valence-electron chi connectivity index (χ4n) is 3.38. The summed E-state index contributed by atoms with van der Waals surface area (Å²) in [5.74, 6) is 0. The highest BCUT2D eigenvalue weighted by atomic mass is 16.7. The molecule has 1 heterocycles. The van der Waals surface area contributed by atoms with E-state index in [-0.39, 0.29) is 6.29 Å². The van der Waals surface area contributed by atoms with Crippen LogP contribution >= 0.6 is 0 Å². The van der Waals surface area contributed by atoms with Crippen molar-refractivity contribution in [3.8, 4) is 0 Å². The Morgan fingerprint density at radius 3 is 2.46 bits per heavy atom. The minimum atomic E-state index is -0.178. The van der Waals surface area contributed by atoms with E-state index in [1.54, 1.807) is 5.57 Å². The number of hydrogen-bond donors (Lipinski definition) is 0. The van der Waals surface area contributed by atoms with Gasteiger partial charge < -0.3 is 9.47 Å². The first-order chi connectivity index (χ1) is 11.4. The van der Waals surface area contributed by atoms with E-state index in [9.17, 15) is 0 Å². The summed E-state index contributed by atoms with van der Waals surface area (Å²) >= 11 is 0. The van der Waals surface area contributed by atoms with Crippen molar-refractivity contribution in [2.45, 2.75) is 60.2 Å². The molecule has 0 aromatic rings. The first-order valence-electron chi connectivity index (χ1n) is 9.03. The highest BCUT2D eigenvalue weighted by Gasteiger charge is 2.26. The van der Waals surface area contributed by atoms with Crippen molar-refractivity contribution in [1.82, 2.24) is 0 Å². The zero-order valence-electron chi connectivity index (χ0n) is 15.9. The Balaban J connectivity index is 1.97. The highest BCUT2D eigenvalue weighted by molar-refractivity contribution is 5.37. The van der Waals surface area contributed by atoms with Gasteiger partial charge in [0.1, 0.15) is 0 Å². The molecule has 0 atom stereocenters. The molecule has 2 rings (SSSR count). The standard InChI is InChI=1S/C22H32O2/c1-17(8-6-9-18(2)16-21-23-14-15-24-21)11-12-20-19(3)10-7-13-22(20,4)5/h6,8-9,11-12,16,21H,7,10,13-15H2,1-5H3. The van der Waals surface area contributed by atoms with Gasteiger partial charge in [-0.05, 0) is 57.1 Å². The Morgan fingerprint density at radius 2 is 1.79 bits per heavy atom. The lowest BCUT2D eigenvalue weighted by Crippen LogP contribution is -2.19. The molecule has 0 N–H and O–H groups in total. The second-order valence-corrected chi connectivity index (χ2v) is 7.56. The lowest BCUT2D eigenvalue weighted by atomic mass is 9.72. The van der Waals surface area contributed by atoms with Crippen LogP contribution in [0.3, 0.4) is 0 Å². The van der Waals surface area contributed by atoms with Gasteiger partial charge in [-0.3, -0.25) is 0 Å². The first kappa shape index (κ1) is 19.0. The van der Waals surface area contributed by atoms with Crippen molar-refractivity contribution in [3.05, 3.63) is 58.7 Å². The molecule has 132 valence electrons. The molecule has 2 heteroatoms. The molecule has 0 radical (unpaired) electrons. The van der Waals surface area contributed by atoms with E-state index >= 15 is 0 Å². The van der Waals surface area contributed by atoms with Crippen LogP contribution in [-0.4, -0.2) is 19.5 Å². The van der Waals surface area contributed by atoms with Crippen LogP contribution in [0.25, 0.3) is 0 Å². The van der Waals surface area contributed by atoms with E-state index in [0.29, 0.717) is 18.6 Å². The lowest BCUT2D eigenvalue weighted by molar-refractivity contribution is -0.00197. The molecular weight excluding hydrogens is 296 g/mol. The van der Waals surface area contributed by atoms with Gasteiger partial charge >= 0.3 is 0 Å². The first-order valence-corrected chi connectivity index (χ1v) is 9.03. The van der Waals surface area contributed by atoms with Gasteiger partial charge in [0, 0.05) is 0 Å². The Kier molecular flexibility index (Phi) is 6.82. The molecule has 24 heavy (non-hydrogen) atoms. The van der Waals surface area contributed by atoms with E-state index < -0.39 is 0 Å². The normalized spacial score (nSPS) is 23.9. The average Bonchev–Trinajstić information content (AvgIpc) is 2.98. The van der Waals surface area contributed by atoms with E-state index in [1.165, 1.54) is 30.4 Å². The number of ether oxygens (including phenoxy) is 2. The van der Waals surface area contributed by atoms with Crippen LogP contribution < -0.4 is 0 Å². The summed E-state index contributed by atoms with van der Waals surface area (Å²) in [7, 11) is 0. The minimum Gasteiger partial charge on any atom is -0.347 e. The van der Waals surface area contributed by atoms with Crippen LogP contribution in [0.1, 0.15) is 53.9 Å². The van der Waals surface area contributed by atoms with E-state index in [0.717, 1.165) is 5.57 Å². The summed E-state index contributed by atoms with van der Waals surface area (Å²) in [5.41, 5.74) is 5.77. The molecule has 0 spiro atoms. The Labute approximate surface area is 147 Å². The largest absolute Gasteiger partial charge is 0.347 e.